The molecule has 1 aromatic rings. The van der Waals surface area contributed by atoms with Crippen molar-refractivity contribution in [2.75, 3.05) is 0 Å². The predicted molar refractivity (Wildman–Crippen MR) is 70.2 cm³/mol. The quantitative estimate of drug-likeness (QED) is 0.731. The Hall–Kier alpha value is -1.57. The maximum absolute atomic E-state index is 11.2. The summed E-state index contributed by atoms with van der Waals surface area (Å²) in [5.74, 6) is 0.633. The van der Waals surface area contributed by atoms with Gasteiger partial charge in [0.2, 0.25) is 0 Å². The first kappa shape index (κ1) is 13.5. The largest absolute Gasteiger partial charge is 0.508 e. The van der Waals surface area contributed by atoms with E-state index in [1.54, 1.807) is 12.1 Å². The molecule has 0 aliphatic carbocycles. The van der Waals surface area contributed by atoms with Gasteiger partial charge < -0.3 is 5.11 Å². The Kier molecular flexibility index (Phi) is 5.47. The number of hydrogen-bond acceptors (Lipinski definition) is 2. The highest BCUT2D eigenvalue weighted by atomic mass is 16.3. The number of allylic oxidation sites excluding steroid dienone is 1. The van der Waals surface area contributed by atoms with Crippen LogP contribution < -0.4 is 0 Å². The van der Waals surface area contributed by atoms with Gasteiger partial charge in [0, 0.05) is 12.8 Å². The molecule has 0 saturated carbocycles. The SMILES string of the molecule is C=CCc1cc(CCCC(=O)CC)ccc1O. The fourth-order valence-electron chi connectivity index (χ4n) is 1.78. The summed E-state index contributed by atoms with van der Waals surface area (Å²) in [5, 5.41) is 9.62. The molecule has 0 aromatic heterocycles. The van der Waals surface area contributed by atoms with Crippen LogP contribution >= 0.6 is 0 Å². The minimum absolute atomic E-state index is 0.315. The Morgan fingerprint density at radius 2 is 2.24 bits per heavy atom. The van der Waals surface area contributed by atoms with Crippen molar-refractivity contribution >= 4 is 5.78 Å². The van der Waals surface area contributed by atoms with Gasteiger partial charge in [-0.2, -0.15) is 0 Å². The lowest BCUT2D eigenvalue weighted by Gasteiger charge is -2.06. The molecule has 0 fully saturated rings. The third-order valence-corrected chi connectivity index (χ3v) is 2.82. The fourth-order valence-corrected chi connectivity index (χ4v) is 1.78. The van der Waals surface area contributed by atoms with Crippen molar-refractivity contribution < 1.29 is 9.90 Å². The number of hydrogen-bond donors (Lipinski definition) is 1. The van der Waals surface area contributed by atoms with Crippen LogP contribution in [0.15, 0.2) is 30.9 Å². The van der Waals surface area contributed by atoms with Gasteiger partial charge in [-0.25, -0.2) is 0 Å². The average molecular weight is 232 g/mol. The summed E-state index contributed by atoms with van der Waals surface area (Å²) in [6.45, 7) is 5.56. The second kappa shape index (κ2) is 6.89. The predicted octanol–water partition coefficient (Wildman–Crippen LogP) is 3.42. The number of ketones is 1. The van der Waals surface area contributed by atoms with Gasteiger partial charge in [-0.3, -0.25) is 4.79 Å². The van der Waals surface area contributed by atoms with Gasteiger partial charge >= 0.3 is 0 Å². The number of phenols is 1. The molecule has 0 heterocycles. The van der Waals surface area contributed by atoms with E-state index in [4.69, 9.17) is 0 Å². The van der Waals surface area contributed by atoms with Crippen LogP contribution in [0.25, 0.3) is 0 Å². The van der Waals surface area contributed by atoms with E-state index in [1.165, 1.54) is 5.56 Å². The van der Waals surface area contributed by atoms with Crippen molar-refractivity contribution in [2.24, 2.45) is 0 Å². The smallest absolute Gasteiger partial charge is 0.132 e. The van der Waals surface area contributed by atoms with E-state index in [9.17, 15) is 9.90 Å². The third-order valence-electron chi connectivity index (χ3n) is 2.82. The number of aryl methyl sites for hydroxylation is 1. The van der Waals surface area contributed by atoms with Crippen LogP contribution in [0.4, 0.5) is 0 Å². The van der Waals surface area contributed by atoms with E-state index in [1.807, 2.05) is 19.1 Å². The van der Waals surface area contributed by atoms with Crippen LogP contribution in [-0.4, -0.2) is 10.9 Å². The van der Waals surface area contributed by atoms with Crippen molar-refractivity contribution in [3.63, 3.8) is 0 Å². The summed E-state index contributed by atoms with van der Waals surface area (Å²) >= 11 is 0. The van der Waals surface area contributed by atoms with E-state index in [-0.39, 0.29) is 0 Å². The maximum Gasteiger partial charge on any atom is 0.132 e. The van der Waals surface area contributed by atoms with Crippen LogP contribution in [0, 0.1) is 0 Å². The molecular weight excluding hydrogens is 212 g/mol. The fraction of sp³-hybridized carbons (Fsp3) is 0.400. The van der Waals surface area contributed by atoms with E-state index in [0.29, 0.717) is 30.8 Å². The molecule has 0 unspecified atom stereocenters. The molecule has 0 aliphatic heterocycles. The van der Waals surface area contributed by atoms with Gasteiger partial charge in [-0.15, -0.1) is 6.58 Å². The molecule has 1 N–H and O–H groups in total. The molecule has 1 rings (SSSR count). The second-order valence-corrected chi connectivity index (χ2v) is 4.20. The molecule has 92 valence electrons. The summed E-state index contributed by atoms with van der Waals surface area (Å²) < 4.78 is 0. The van der Waals surface area contributed by atoms with E-state index in [2.05, 4.69) is 6.58 Å². The Balaban J connectivity index is 2.56. The summed E-state index contributed by atoms with van der Waals surface area (Å²) in [4.78, 5) is 11.2. The lowest BCUT2D eigenvalue weighted by Crippen LogP contribution is -1.96. The molecule has 2 heteroatoms. The molecule has 0 amide bonds. The monoisotopic (exact) mass is 232 g/mol. The minimum atomic E-state index is 0.315. The first-order valence-electron chi connectivity index (χ1n) is 6.10. The van der Waals surface area contributed by atoms with Crippen LogP contribution in [-0.2, 0) is 17.6 Å². The van der Waals surface area contributed by atoms with Crippen molar-refractivity contribution in [1.29, 1.82) is 0 Å². The summed E-state index contributed by atoms with van der Waals surface area (Å²) in [6, 6.07) is 5.63. The summed E-state index contributed by atoms with van der Waals surface area (Å²) in [7, 11) is 0. The van der Waals surface area contributed by atoms with E-state index < -0.39 is 0 Å². The van der Waals surface area contributed by atoms with Crippen LogP contribution in [0.2, 0.25) is 0 Å². The van der Waals surface area contributed by atoms with E-state index >= 15 is 0 Å². The molecule has 2 nitrogen and oxygen atoms in total. The Morgan fingerprint density at radius 1 is 1.47 bits per heavy atom. The van der Waals surface area contributed by atoms with Crippen LogP contribution in [0.3, 0.4) is 0 Å². The zero-order valence-corrected chi connectivity index (χ0v) is 10.4. The third kappa shape index (κ3) is 4.43. The summed E-state index contributed by atoms with van der Waals surface area (Å²) in [5.41, 5.74) is 2.07. The van der Waals surface area contributed by atoms with Gasteiger partial charge in [0.15, 0.2) is 0 Å². The zero-order chi connectivity index (χ0) is 12.7. The molecule has 0 aliphatic rings. The number of carbonyl (C=O) groups is 1. The topological polar surface area (TPSA) is 37.3 Å². The number of rotatable bonds is 7. The highest BCUT2D eigenvalue weighted by Gasteiger charge is 2.03. The zero-order valence-electron chi connectivity index (χ0n) is 10.4. The molecule has 0 bridgehead atoms. The highest BCUT2D eigenvalue weighted by molar-refractivity contribution is 5.77. The Morgan fingerprint density at radius 3 is 2.88 bits per heavy atom. The highest BCUT2D eigenvalue weighted by Crippen LogP contribution is 2.20. The van der Waals surface area contributed by atoms with Gasteiger partial charge in [-0.05, 0) is 36.5 Å². The van der Waals surface area contributed by atoms with Crippen molar-refractivity contribution in [3.8, 4) is 5.75 Å². The standard InChI is InChI=1S/C15H20O2/c1-3-6-13-11-12(9-10-15(13)17)7-5-8-14(16)4-2/h3,9-11,17H,1,4-8H2,2H3. The number of phenolic OH excluding ortho intramolecular Hbond substituents is 1. The van der Waals surface area contributed by atoms with Gasteiger partial charge in [0.05, 0.1) is 0 Å². The maximum atomic E-state index is 11.2. The first-order chi connectivity index (χ1) is 8.17. The Labute approximate surface area is 103 Å². The molecular formula is C15H20O2. The first-order valence-corrected chi connectivity index (χ1v) is 6.10. The molecule has 17 heavy (non-hydrogen) atoms. The van der Waals surface area contributed by atoms with E-state index in [0.717, 1.165) is 18.4 Å². The van der Waals surface area contributed by atoms with Crippen molar-refractivity contribution in [1.82, 2.24) is 0 Å². The van der Waals surface area contributed by atoms with Crippen molar-refractivity contribution in [3.05, 3.63) is 42.0 Å². The minimum Gasteiger partial charge on any atom is -0.508 e. The molecule has 0 saturated heterocycles. The van der Waals surface area contributed by atoms with Gasteiger partial charge in [-0.1, -0.05) is 25.1 Å². The number of carbonyl (C=O) groups excluding carboxylic acids is 1. The molecule has 1 aromatic carbocycles. The van der Waals surface area contributed by atoms with Crippen LogP contribution in [0.1, 0.15) is 37.3 Å². The average Bonchev–Trinajstić information content (AvgIpc) is 2.33. The molecule has 0 atom stereocenters. The lowest BCUT2D eigenvalue weighted by atomic mass is 10.0. The van der Waals surface area contributed by atoms with Crippen LogP contribution in [0.5, 0.6) is 5.75 Å². The lowest BCUT2D eigenvalue weighted by molar-refractivity contribution is -0.118. The second-order valence-electron chi connectivity index (χ2n) is 4.20. The normalized spacial score (nSPS) is 10.2. The number of Topliss-reactive ketones (excluding diaryl/α,β-unsaturated/α-hetero) is 1. The Bertz CT molecular complexity index is 394. The number of benzene rings is 1. The van der Waals surface area contributed by atoms with Crippen molar-refractivity contribution in [2.45, 2.75) is 39.0 Å². The van der Waals surface area contributed by atoms with Gasteiger partial charge in [0.1, 0.15) is 11.5 Å². The molecule has 0 radical (unpaired) electrons. The molecule has 0 spiro atoms. The summed E-state index contributed by atoms with van der Waals surface area (Å²) in [6.07, 6.45) is 5.49. The van der Waals surface area contributed by atoms with Gasteiger partial charge in [0.25, 0.3) is 0 Å². The number of aromatic hydroxyl groups is 1.